The Bertz CT molecular complexity index is 562. The van der Waals surface area contributed by atoms with Crippen molar-refractivity contribution >= 4 is 28.9 Å². The van der Waals surface area contributed by atoms with Crippen LogP contribution in [0.5, 0.6) is 5.75 Å². The first-order chi connectivity index (χ1) is 9.24. The van der Waals surface area contributed by atoms with Gasteiger partial charge in [0, 0.05) is 17.3 Å². The monoisotopic (exact) mass is 278 g/mol. The van der Waals surface area contributed by atoms with E-state index in [-0.39, 0.29) is 0 Å². The fourth-order valence-electron chi connectivity index (χ4n) is 1.65. The number of rotatable bonds is 5. The second-order valence-electron chi connectivity index (χ2n) is 3.77. The van der Waals surface area contributed by atoms with Crippen molar-refractivity contribution < 1.29 is 4.74 Å². The summed E-state index contributed by atoms with van der Waals surface area (Å²) in [6, 6.07) is 7.40. The molecular formula is C13H15ClN4O. The number of benzene rings is 1. The molecule has 0 aliphatic heterocycles. The molecule has 0 aliphatic rings. The van der Waals surface area contributed by atoms with E-state index in [1.54, 1.807) is 7.11 Å². The quantitative estimate of drug-likeness (QED) is 0.879. The van der Waals surface area contributed by atoms with Gasteiger partial charge < -0.3 is 15.4 Å². The van der Waals surface area contributed by atoms with Crippen LogP contribution in [-0.4, -0.2) is 23.6 Å². The molecule has 0 spiro atoms. The topological polar surface area (TPSA) is 59.1 Å². The first-order valence-corrected chi connectivity index (χ1v) is 6.27. The lowest BCUT2D eigenvalue weighted by atomic mass is 10.3. The van der Waals surface area contributed by atoms with E-state index in [2.05, 4.69) is 20.6 Å². The molecule has 0 atom stereocenters. The zero-order chi connectivity index (χ0) is 13.7. The molecule has 1 heterocycles. The first kappa shape index (κ1) is 13.4. The number of ether oxygens (including phenoxy) is 1. The average molecular weight is 279 g/mol. The van der Waals surface area contributed by atoms with Gasteiger partial charge in [-0.2, -0.15) is 0 Å². The van der Waals surface area contributed by atoms with Gasteiger partial charge in [-0.15, -0.1) is 0 Å². The molecule has 0 radical (unpaired) electrons. The third-order valence-electron chi connectivity index (χ3n) is 2.44. The summed E-state index contributed by atoms with van der Waals surface area (Å²) in [5.41, 5.74) is 0.840. The van der Waals surface area contributed by atoms with Crippen molar-refractivity contribution in [3.05, 3.63) is 35.6 Å². The number of nitrogens with one attached hydrogen (secondary N) is 2. The van der Waals surface area contributed by atoms with Crippen LogP contribution in [0.25, 0.3) is 0 Å². The van der Waals surface area contributed by atoms with Crippen molar-refractivity contribution in [3.8, 4) is 5.75 Å². The van der Waals surface area contributed by atoms with Gasteiger partial charge in [0.25, 0.3) is 0 Å². The first-order valence-electron chi connectivity index (χ1n) is 5.90. The number of aromatic nitrogens is 2. The second-order valence-corrected chi connectivity index (χ2v) is 4.21. The maximum atomic E-state index is 5.95. The summed E-state index contributed by atoms with van der Waals surface area (Å²) in [5.74, 6) is 1.82. The molecule has 1 aromatic carbocycles. The van der Waals surface area contributed by atoms with Crippen molar-refractivity contribution in [2.75, 3.05) is 24.3 Å². The maximum absolute atomic E-state index is 5.95. The molecule has 0 amide bonds. The van der Waals surface area contributed by atoms with E-state index in [0.29, 0.717) is 22.4 Å². The summed E-state index contributed by atoms with van der Waals surface area (Å²) in [4.78, 5) is 8.33. The molecule has 5 nitrogen and oxygen atoms in total. The normalized spacial score (nSPS) is 10.1. The van der Waals surface area contributed by atoms with Crippen LogP contribution in [0.15, 0.2) is 30.6 Å². The van der Waals surface area contributed by atoms with Crippen LogP contribution in [0.4, 0.5) is 17.3 Å². The van der Waals surface area contributed by atoms with Crippen molar-refractivity contribution in [2.45, 2.75) is 6.92 Å². The molecule has 0 saturated heterocycles. The minimum Gasteiger partial charge on any atom is -0.490 e. The molecule has 0 saturated carbocycles. The highest BCUT2D eigenvalue weighted by Crippen LogP contribution is 2.31. The Labute approximate surface area is 117 Å². The van der Waals surface area contributed by atoms with E-state index >= 15 is 0 Å². The van der Waals surface area contributed by atoms with E-state index < -0.39 is 0 Å². The van der Waals surface area contributed by atoms with E-state index in [0.717, 1.165) is 12.2 Å². The fourth-order valence-corrected chi connectivity index (χ4v) is 1.84. The maximum Gasteiger partial charge on any atom is 0.204 e. The largest absolute Gasteiger partial charge is 0.490 e. The number of methoxy groups -OCH3 is 1. The lowest BCUT2D eigenvalue weighted by Gasteiger charge is -2.13. The van der Waals surface area contributed by atoms with Gasteiger partial charge in [0.15, 0.2) is 11.6 Å². The van der Waals surface area contributed by atoms with Crippen LogP contribution >= 0.6 is 11.6 Å². The predicted molar refractivity (Wildman–Crippen MR) is 77.5 cm³/mol. The fraction of sp³-hybridized carbons (Fsp3) is 0.231. The van der Waals surface area contributed by atoms with E-state index in [1.807, 2.05) is 31.2 Å². The van der Waals surface area contributed by atoms with Crippen molar-refractivity contribution in [1.29, 1.82) is 0 Å². The number of halogens is 1. The van der Waals surface area contributed by atoms with Crippen molar-refractivity contribution in [2.24, 2.45) is 0 Å². The average Bonchev–Trinajstić information content (AvgIpc) is 2.39. The van der Waals surface area contributed by atoms with Gasteiger partial charge in [-0.3, -0.25) is 0 Å². The van der Waals surface area contributed by atoms with Crippen LogP contribution < -0.4 is 15.4 Å². The summed E-state index contributed by atoms with van der Waals surface area (Å²) in [6.07, 6.45) is 1.48. The lowest BCUT2D eigenvalue weighted by molar-refractivity contribution is 0.415. The van der Waals surface area contributed by atoms with E-state index in [9.17, 15) is 0 Å². The number of hydrogen-bond acceptors (Lipinski definition) is 5. The van der Waals surface area contributed by atoms with Crippen LogP contribution in [0.1, 0.15) is 6.92 Å². The Morgan fingerprint density at radius 2 is 2.05 bits per heavy atom. The number of nitrogens with zero attached hydrogens (tertiary/aromatic N) is 2. The standard InChI is InChI=1S/C13H15ClN4O/c1-3-15-12-11(19-2)13(17-8-16-12)18-10-6-4-5-9(14)7-10/h4-8H,3H2,1-2H3,(H2,15,16,17,18). The minimum absolute atomic E-state index is 0.573. The molecule has 2 aromatic rings. The molecule has 6 heteroatoms. The zero-order valence-electron chi connectivity index (χ0n) is 10.8. The highest BCUT2D eigenvalue weighted by atomic mass is 35.5. The minimum atomic E-state index is 0.573. The molecule has 2 rings (SSSR count). The van der Waals surface area contributed by atoms with Crippen molar-refractivity contribution in [1.82, 2.24) is 9.97 Å². The Morgan fingerprint density at radius 3 is 2.74 bits per heavy atom. The Morgan fingerprint density at radius 1 is 1.26 bits per heavy atom. The molecule has 0 fully saturated rings. The van der Waals surface area contributed by atoms with Gasteiger partial charge >= 0.3 is 0 Å². The van der Waals surface area contributed by atoms with Crippen LogP contribution in [0, 0.1) is 0 Å². The van der Waals surface area contributed by atoms with Crippen LogP contribution in [0.3, 0.4) is 0 Å². The zero-order valence-corrected chi connectivity index (χ0v) is 11.5. The lowest BCUT2D eigenvalue weighted by Crippen LogP contribution is -2.05. The Hall–Kier alpha value is -2.01. The van der Waals surface area contributed by atoms with Gasteiger partial charge in [-0.05, 0) is 25.1 Å². The number of hydrogen-bond donors (Lipinski definition) is 2. The highest BCUT2D eigenvalue weighted by molar-refractivity contribution is 6.30. The molecule has 100 valence electrons. The molecule has 19 heavy (non-hydrogen) atoms. The molecule has 0 bridgehead atoms. The second kappa shape index (κ2) is 6.24. The molecule has 1 aromatic heterocycles. The van der Waals surface area contributed by atoms with E-state index in [1.165, 1.54) is 6.33 Å². The summed E-state index contributed by atoms with van der Waals surface area (Å²) in [6.45, 7) is 2.75. The smallest absolute Gasteiger partial charge is 0.204 e. The van der Waals surface area contributed by atoms with Gasteiger partial charge in [0.2, 0.25) is 5.75 Å². The molecule has 2 N–H and O–H groups in total. The molecule has 0 unspecified atom stereocenters. The third kappa shape index (κ3) is 3.26. The number of anilines is 3. The van der Waals surface area contributed by atoms with Gasteiger partial charge in [0.05, 0.1) is 7.11 Å². The summed E-state index contributed by atoms with van der Waals surface area (Å²) < 4.78 is 5.35. The summed E-state index contributed by atoms with van der Waals surface area (Å²) in [5, 5.41) is 6.94. The summed E-state index contributed by atoms with van der Waals surface area (Å²) in [7, 11) is 1.59. The Kier molecular flexibility index (Phi) is 4.41. The van der Waals surface area contributed by atoms with Crippen LogP contribution in [0.2, 0.25) is 5.02 Å². The summed E-state index contributed by atoms with van der Waals surface area (Å²) >= 11 is 5.95. The van der Waals surface area contributed by atoms with Crippen LogP contribution in [-0.2, 0) is 0 Å². The predicted octanol–water partition coefficient (Wildman–Crippen LogP) is 3.31. The Balaban J connectivity index is 2.31. The van der Waals surface area contributed by atoms with Gasteiger partial charge in [0.1, 0.15) is 6.33 Å². The molecular weight excluding hydrogens is 264 g/mol. The third-order valence-corrected chi connectivity index (χ3v) is 2.67. The van der Waals surface area contributed by atoms with E-state index in [4.69, 9.17) is 16.3 Å². The molecule has 0 aliphatic carbocycles. The highest BCUT2D eigenvalue weighted by Gasteiger charge is 2.11. The van der Waals surface area contributed by atoms with Crippen molar-refractivity contribution in [3.63, 3.8) is 0 Å². The SMILES string of the molecule is CCNc1ncnc(Nc2cccc(Cl)c2)c1OC. The van der Waals surface area contributed by atoms with Gasteiger partial charge in [-0.1, -0.05) is 17.7 Å². The van der Waals surface area contributed by atoms with Gasteiger partial charge in [-0.25, -0.2) is 9.97 Å².